The number of nitrogens with one attached hydrogen (secondary N) is 1. The van der Waals surface area contributed by atoms with E-state index in [4.69, 9.17) is 4.42 Å². The molecule has 0 aliphatic carbocycles. The number of hydrogen-bond acceptors (Lipinski definition) is 5. The van der Waals surface area contributed by atoms with Crippen LogP contribution >= 0.6 is 11.8 Å². The summed E-state index contributed by atoms with van der Waals surface area (Å²) in [7, 11) is 1.93. The predicted molar refractivity (Wildman–Crippen MR) is 81.7 cm³/mol. The van der Waals surface area contributed by atoms with E-state index in [1.807, 2.05) is 49.0 Å². The number of hydrogen-bond donors (Lipinski definition) is 1. The fourth-order valence-electron chi connectivity index (χ4n) is 2.11. The third kappa shape index (κ3) is 2.86. The van der Waals surface area contributed by atoms with Gasteiger partial charge in [0.2, 0.25) is 0 Å². The van der Waals surface area contributed by atoms with Crippen LogP contribution in [0.25, 0.3) is 5.69 Å². The lowest BCUT2D eigenvalue weighted by atomic mass is 10.2. The van der Waals surface area contributed by atoms with E-state index in [0.717, 1.165) is 28.5 Å². The summed E-state index contributed by atoms with van der Waals surface area (Å²) in [6.07, 6.45) is 3.23. The molecule has 108 valence electrons. The Labute approximate surface area is 127 Å². The smallest absolute Gasteiger partial charge is 0.261 e. The van der Waals surface area contributed by atoms with Crippen LogP contribution in [0.15, 0.2) is 57.5 Å². The van der Waals surface area contributed by atoms with Crippen LogP contribution in [0.1, 0.15) is 11.3 Å². The standard InChI is InChI=1S/C15H16N4OS/c1-11-13(10-16-2)14(21-15-17-8-9-20-15)19(18-11)12-6-4-3-5-7-12/h3-9,16H,10H2,1-2H3. The van der Waals surface area contributed by atoms with E-state index in [1.54, 1.807) is 12.5 Å². The lowest BCUT2D eigenvalue weighted by Gasteiger charge is -2.07. The molecule has 0 radical (unpaired) electrons. The van der Waals surface area contributed by atoms with Crippen LogP contribution in [0.4, 0.5) is 0 Å². The van der Waals surface area contributed by atoms with Crippen molar-refractivity contribution in [3.05, 3.63) is 54.0 Å². The summed E-state index contributed by atoms with van der Waals surface area (Å²) in [5.74, 6) is 0. The number of rotatable bonds is 5. The molecule has 0 fully saturated rings. The van der Waals surface area contributed by atoms with Gasteiger partial charge in [-0.15, -0.1) is 0 Å². The minimum atomic E-state index is 0.615. The van der Waals surface area contributed by atoms with E-state index in [2.05, 4.69) is 15.4 Å². The molecule has 6 heteroatoms. The summed E-state index contributed by atoms with van der Waals surface area (Å²) >= 11 is 1.49. The van der Waals surface area contributed by atoms with Crippen LogP contribution < -0.4 is 5.32 Å². The summed E-state index contributed by atoms with van der Waals surface area (Å²) in [4.78, 5) is 4.19. The normalized spacial score (nSPS) is 11.0. The van der Waals surface area contributed by atoms with Gasteiger partial charge < -0.3 is 9.73 Å². The van der Waals surface area contributed by atoms with Crippen molar-refractivity contribution in [2.45, 2.75) is 23.7 Å². The maximum atomic E-state index is 5.36. The Morgan fingerprint density at radius 1 is 1.29 bits per heavy atom. The molecule has 5 nitrogen and oxygen atoms in total. The molecule has 0 aliphatic heterocycles. The molecular formula is C15H16N4OS. The third-order valence-electron chi connectivity index (χ3n) is 3.09. The molecule has 2 aromatic heterocycles. The summed E-state index contributed by atoms with van der Waals surface area (Å²) in [5.41, 5.74) is 3.18. The van der Waals surface area contributed by atoms with E-state index in [9.17, 15) is 0 Å². The lowest BCUT2D eigenvalue weighted by Crippen LogP contribution is -2.07. The number of benzene rings is 1. The van der Waals surface area contributed by atoms with Crippen LogP contribution in [-0.2, 0) is 6.54 Å². The third-order valence-corrected chi connectivity index (χ3v) is 4.07. The zero-order chi connectivity index (χ0) is 14.7. The SMILES string of the molecule is CNCc1c(C)nn(-c2ccccc2)c1Sc1ncco1. The first kappa shape index (κ1) is 13.9. The molecule has 2 heterocycles. The van der Waals surface area contributed by atoms with E-state index < -0.39 is 0 Å². The van der Waals surface area contributed by atoms with Crippen molar-refractivity contribution < 1.29 is 4.42 Å². The number of nitrogens with zero attached hydrogens (tertiary/aromatic N) is 3. The highest BCUT2D eigenvalue weighted by atomic mass is 32.2. The quantitative estimate of drug-likeness (QED) is 0.785. The van der Waals surface area contributed by atoms with Gasteiger partial charge in [0.15, 0.2) is 0 Å². The van der Waals surface area contributed by atoms with Gasteiger partial charge in [-0.1, -0.05) is 18.2 Å². The van der Waals surface area contributed by atoms with Gasteiger partial charge in [-0.3, -0.25) is 0 Å². The van der Waals surface area contributed by atoms with Crippen molar-refractivity contribution in [1.82, 2.24) is 20.1 Å². The second kappa shape index (κ2) is 6.15. The predicted octanol–water partition coefficient (Wildman–Crippen LogP) is 3.04. The average Bonchev–Trinajstić information content (AvgIpc) is 3.12. The number of aryl methyl sites for hydroxylation is 1. The van der Waals surface area contributed by atoms with Gasteiger partial charge in [0.05, 0.1) is 17.6 Å². The number of aromatic nitrogens is 3. The minimum absolute atomic E-state index is 0.615. The molecule has 0 atom stereocenters. The Balaban J connectivity index is 2.08. The molecule has 0 amide bonds. The van der Waals surface area contributed by atoms with Gasteiger partial charge in [-0.05, 0) is 37.9 Å². The second-order valence-electron chi connectivity index (χ2n) is 4.55. The van der Waals surface area contributed by atoms with Crippen molar-refractivity contribution >= 4 is 11.8 Å². The van der Waals surface area contributed by atoms with Crippen molar-refractivity contribution in [2.24, 2.45) is 0 Å². The fourth-order valence-corrected chi connectivity index (χ4v) is 3.07. The van der Waals surface area contributed by atoms with Crippen molar-refractivity contribution in [2.75, 3.05) is 7.05 Å². The van der Waals surface area contributed by atoms with Gasteiger partial charge in [-0.25, -0.2) is 9.67 Å². The molecule has 0 aliphatic rings. The highest BCUT2D eigenvalue weighted by Gasteiger charge is 2.18. The Bertz CT molecular complexity index is 707. The fraction of sp³-hybridized carbons (Fsp3) is 0.200. The van der Waals surface area contributed by atoms with Crippen LogP contribution in [0.2, 0.25) is 0 Å². The number of oxazole rings is 1. The molecule has 1 aromatic carbocycles. The molecule has 1 N–H and O–H groups in total. The van der Waals surface area contributed by atoms with Gasteiger partial charge in [-0.2, -0.15) is 5.10 Å². The van der Waals surface area contributed by atoms with Crippen LogP contribution in [0, 0.1) is 6.92 Å². The van der Waals surface area contributed by atoms with Gasteiger partial charge in [0.1, 0.15) is 11.3 Å². The van der Waals surface area contributed by atoms with Gasteiger partial charge >= 0.3 is 0 Å². The molecule has 0 spiro atoms. The molecular weight excluding hydrogens is 284 g/mol. The maximum absolute atomic E-state index is 5.36. The summed E-state index contributed by atoms with van der Waals surface area (Å²) in [6.45, 7) is 2.77. The largest absolute Gasteiger partial charge is 0.440 e. The topological polar surface area (TPSA) is 55.9 Å². The molecule has 0 saturated heterocycles. The van der Waals surface area contributed by atoms with Crippen molar-refractivity contribution in [1.29, 1.82) is 0 Å². The summed E-state index contributed by atoms with van der Waals surface area (Å²) < 4.78 is 7.30. The molecule has 3 aromatic rings. The average molecular weight is 300 g/mol. The Kier molecular flexibility index (Phi) is 4.08. The summed E-state index contributed by atoms with van der Waals surface area (Å²) in [6, 6.07) is 10.1. The Morgan fingerprint density at radius 2 is 2.10 bits per heavy atom. The molecule has 0 bridgehead atoms. The van der Waals surface area contributed by atoms with Gasteiger partial charge in [0, 0.05) is 12.1 Å². The van der Waals surface area contributed by atoms with Crippen LogP contribution in [0.5, 0.6) is 0 Å². The molecule has 3 rings (SSSR count). The zero-order valence-electron chi connectivity index (χ0n) is 11.9. The minimum Gasteiger partial charge on any atom is -0.440 e. The van der Waals surface area contributed by atoms with E-state index in [1.165, 1.54) is 11.8 Å². The van der Waals surface area contributed by atoms with Gasteiger partial charge in [0.25, 0.3) is 5.22 Å². The Hall–Kier alpha value is -2.05. The molecule has 0 unspecified atom stereocenters. The molecule has 0 saturated carbocycles. The van der Waals surface area contributed by atoms with Crippen molar-refractivity contribution in [3.8, 4) is 5.69 Å². The number of para-hydroxylation sites is 1. The molecule has 21 heavy (non-hydrogen) atoms. The maximum Gasteiger partial charge on any atom is 0.261 e. The monoisotopic (exact) mass is 300 g/mol. The van der Waals surface area contributed by atoms with E-state index in [0.29, 0.717) is 5.22 Å². The van der Waals surface area contributed by atoms with Crippen LogP contribution in [-0.4, -0.2) is 21.8 Å². The first-order valence-electron chi connectivity index (χ1n) is 6.65. The first-order chi connectivity index (χ1) is 10.3. The Morgan fingerprint density at radius 3 is 2.76 bits per heavy atom. The van der Waals surface area contributed by atoms with E-state index >= 15 is 0 Å². The highest BCUT2D eigenvalue weighted by Crippen LogP contribution is 2.32. The van der Waals surface area contributed by atoms with Crippen molar-refractivity contribution in [3.63, 3.8) is 0 Å². The van der Waals surface area contributed by atoms with E-state index in [-0.39, 0.29) is 0 Å². The van der Waals surface area contributed by atoms with Crippen LogP contribution in [0.3, 0.4) is 0 Å². The first-order valence-corrected chi connectivity index (χ1v) is 7.47. The summed E-state index contributed by atoms with van der Waals surface area (Å²) in [5, 5.41) is 9.50. The zero-order valence-corrected chi connectivity index (χ0v) is 12.7. The second-order valence-corrected chi connectivity index (χ2v) is 5.49. The highest BCUT2D eigenvalue weighted by molar-refractivity contribution is 7.99. The lowest BCUT2D eigenvalue weighted by molar-refractivity contribution is 0.453.